The predicted octanol–water partition coefficient (Wildman–Crippen LogP) is 1.80. The molecule has 1 heterocycles. The zero-order valence-corrected chi connectivity index (χ0v) is 10.4. The number of carbonyl (C=O) groups excluding carboxylic acids is 1. The van der Waals surface area contributed by atoms with E-state index in [0.29, 0.717) is 18.8 Å². The summed E-state index contributed by atoms with van der Waals surface area (Å²) in [7, 11) is 0. The van der Waals surface area contributed by atoms with Crippen LogP contribution in [0, 0.1) is 11.8 Å². The van der Waals surface area contributed by atoms with Crippen molar-refractivity contribution < 1.29 is 9.90 Å². The van der Waals surface area contributed by atoms with Crippen molar-refractivity contribution in [3.8, 4) is 0 Å². The molecule has 2 rings (SSSR count). The van der Waals surface area contributed by atoms with E-state index in [1.54, 1.807) is 0 Å². The van der Waals surface area contributed by atoms with Gasteiger partial charge in [0.25, 0.3) is 5.91 Å². The smallest absolute Gasteiger partial charge is 0.254 e. The minimum absolute atomic E-state index is 0.0130. The summed E-state index contributed by atoms with van der Waals surface area (Å²) in [5.41, 5.74) is -0.995. The lowest BCUT2D eigenvalue weighted by molar-refractivity contribution is -0.162. The van der Waals surface area contributed by atoms with E-state index >= 15 is 0 Å². The van der Waals surface area contributed by atoms with Gasteiger partial charge in [0, 0.05) is 13.1 Å². The summed E-state index contributed by atoms with van der Waals surface area (Å²) in [5.74, 6) is 1.45. The molecule has 0 bridgehead atoms. The van der Waals surface area contributed by atoms with Crippen LogP contribution in [0.5, 0.6) is 0 Å². The monoisotopic (exact) mass is 225 g/mol. The number of hydrogen-bond donors (Lipinski definition) is 1. The van der Waals surface area contributed by atoms with E-state index in [1.807, 2.05) is 4.90 Å². The van der Waals surface area contributed by atoms with E-state index in [2.05, 4.69) is 13.8 Å². The van der Waals surface area contributed by atoms with Gasteiger partial charge in [-0.05, 0) is 43.9 Å². The van der Waals surface area contributed by atoms with Gasteiger partial charge in [-0.2, -0.15) is 0 Å². The number of likely N-dealkylation sites (tertiary alicyclic amines) is 1. The van der Waals surface area contributed by atoms with Gasteiger partial charge in [0.2, 0.25) is 0 Å². The third kappa shape index (κ3) is 2.10. The zero-order chi connectivity index (χ0) is 11.8. The molecule has 3 nitrogen and oxygen atoms in total. The maximum Gasteiger partial charge on any atom is 0.254 e. The standard InChI is InChI=1S/C13H23NO2/c1-10(2)11-4-8-14(9-5-11)12(15)13(16)6-3-7-13/h10-11,16H,3-9H2,1-2H3. The van der Waals surface area contributed by atoms with E-state index < -0.39 is 5.60 Å². The average molecular weight is 225 g/mol. The third-order valence-electron chi connectivity index (χ3n) is 4.35. The fraction of sp³-hybridized carbons (Fsp3) is 0.923. The highest BCUT2D eigenvalue weighted by molar-refractivity contribution is 5.86. The number of hydrogen-bond acceptors (Lipinski definition) is 2. The highest BCUT2D eigenvalue weighted by Gasteiger charge is 2.45. The Morgan fingerprint density at radius 2 is 1.88 bits per heavy atom. The van der Waals surface area contributed by atoms with Gasteiger partial charge in [0.15, 0.2) is 0 Å². The fourth-order valence-corrected chi connectivity index (χ4v) is 2.79. The Labute approximate surface area is 97.8 Å². The highest BCUT2D eigenvalue weighted by Crippen LogP contribution is 2.35. The van der Waals surface area contributed by atoms with Crippen molar-refractivity contribution in [1.29, 1.82) is 0 Å². The van der Waals surface area contributed by atoms with Crippen LogP contribution in [0.15, 0.2) is 0 Å². The van der Waals surface area contributed by atoms with Gasteiger partial charge >= 0.3 is 0 Å². The Bertz CT molecular complexity index is 263. The Balaban J connectivity index is 1.87. The zero-order valence-electron chi connectivity index (χ0n) is 10.4. The van der Waals surface area contributed by atoms with E-state index in [1.165, 1.54) is 0 Å². The molecular weight excluding hydrogens is 202 g/mol. The normalized spacial score (nSPS) is 25.6. The van der Waals surface area contributed by atoms with Crippen molar-refractivity contribution in [2.45, 2.75) is 51.6 Å². The molecule has 0 unspecified atom stereocenters. The van der Waals surface area contributed by atoms with Crippen LogP contribution in [0.4, 0.5) is 0 Å². The molecule has 1 saturated carbocycles. The van der Waals surface area contributed by atoms with E-state index in [4.69, 9.17) is 0 Å². The van der Waals surface area contributed by atoms with Crippen molar-refractivity contribution in [2.75, 3.05) is 13.1 Å². The average Bonchev–Trinajstić information content (AvgIpc) is 2.25. The molecule has 2 fully saturated rings. The summed E-state index contributed by atoms with van der Waals surface area (Å²) in [5, 5.41) is 10.0. The van der Waals surface area contributed by atoms with E-state index in [9.17, 15) is 9.90 Å². The van der Waals surface area contributed by atoms with Crippen LogP contribution in [0.25, 0.3) is 0 Å². The molecule has 2 aliphatic rings. The molecule has 0 atom stereocenters. The minimum Gasteiger partial charge on any atom is -0.380 e. The Morgan fingerprint density at radius 1 is 1.31 bits per heavy atom. The Kier molecular flexibility index (Phi) is 3.24. The lowest BCUT2D eigenvalue weighted by Gasteiger charge is -2.42. The number of piperidine rings is 1. The molecule has 1 N–H and O–H groups in total. The van der Waals surface area contributed by atoms with E-state index in [0.717, 1.165) is 38.3 Å². The van der Waals surface area contributed by atoms with Gasteiger partial charge in [0.1, 0.15) is 5.60 Å². The van der Waals surface area contributed by atoms with Crippen molar-refractivity contribution in [1.82, 2.24) is 4.90 Å². The molecule has 16 heavy (non-hydrogen) atoms. The molecule has 0 aromatic rings. The molecule has 1 aliphatic heterocycles. The van der Waals surface area contributed by atoms with Crippen molar-refractivity contribution >= 4 is 5.91 Å². The number of amides is 1. The van der Waals surface area contributed by atoms with Crippen LogP contribution in [0.3, 0.4) is 0 Å². The molecule has 0 spiro atoms. The summed E-state index contributed by atoms with van der Waals surface area (Å²) in [6, 6.07) is 0. The first-order chi connectivity index (χ1) is 7.53. The molecule has 0 aromatic carbocycles. The molecule has 1 amide bonds. The highest BCUT2D eigenvalue weighted by atomic mass is 16.3. The molecule has 0 aromatic heterocycles. The first kappa shape index (κ1) is 11.9. The van der Waals surface area contributed by atoms with E-state index in [-0.39, 0.29) is 5.91 Å². The SMILES string of the molecule is CC(C)C1CCN(C(=O)C2(O)CCC2)CC1. The maximum atomic E-state index is 12.1. The second-order valence-corrected chi connectivity index (χ2v) is 5.76. The van der Waals surface area contributed by atoms with Crippen molar-refractivity contribution in [3.05, 3.63) is 0 Å². The molecule has 1 aliphatic carbocycles. The summed E-state index contributed by atoms with van der Waals surface area (Å²) >= 11 is 0. The quantitative estimate of drug-likeness (QED) is 0.778. The Hall–Kier alpha value is -0.570. The maximum absolute atomic E-state index is 12.1. The van der Waals surface area contributed by atoms with Crippen LogP contribution in [0.1, 0.15) is 46.0 Å². The minimum atomic E-state index is -0.995. The van der Waals surface area contributed by atoms with Gasteiger partial charge in [0.05, 0.1) is 0 Å². The number of rotatable bonds is 2. The lowest BCUT2D eigenvalue weighted by Crippen LogP contribution is -2.55. The van der Waals surface area contributed by atoms with Gasteiger partial charge in [-0.1, -0.05) is 13.8 Å². The van der Waals surface area contributed by atoms with Crippen LogP contribution in [0.2, 0.25) is 0 Å². The molecule has 1 saturated heterocycles. The molecule has 3 heteroatoms. The van der Waals surface area contributed by atoms with Gasteiger partial charge in [-0.15, -0.1) is 0 Å². The van der Waals surface area contributed by atoms with Gasteiger partial charge < -0.3 is 10.0 Å². The molecular formula is C13H23NO2. The summed E-state index contributed by atoms with van der Waals surface area (Å²) in [6.07, 6.45) is 4.51. The lowest BCUT2D eigenvalue weighted by atomic mass is 9.78. The van der Waals surface area contributed by atoms with Crippen LogP contribution in [-0.2, 0) is 4.79 Å². The first-order valence-corrected chi connectivity index (χ1v) is 6.55. The van der Waals surface area contributed by atoms with Crippen molar-refractivity contribution in [2.24, 2.45) is 11.8 Å². The topological polar surface area (TPSA) is 40.5 Å². The summed E-state index contributed by atoms with van der Waals surface area (Å²) in [6.45, 7) is 6.18. The predicted molar refractivity (Wildman–Crippen MR) is 62.9 cm³/mol. The summed E-state index contributed by atoms with van der Waals surface area (Å²) < 4.78 is 0. The summed E-state index contributed by atoms with van der Waals surface area (Å²) in [4.78, 5) is 13.9. The Morgan fingerprint density at radius 3 is 2.25 bits per heavy atom. The van der Waals surface area contributed by atoms with Gasteiger partial charge in [-0.25, -0.2) is 0 Å². The van der Waals surface area contributed by atoms with Crippen LogP contribution in [-0.4, -0.2) is 34.6 Å². The molecule has 0 radical (unpaired) electrons. The number of carbonyl (C=O) groups is 1. The largest absolute Gasteiger partial charge is 0.380 e. The first-order valence-electron chi connectivity index (χ1n) is 6.55. The fourth-order valence-electron chi connectivity index (χ4n) is 2.79. The third-order valence-corrected chi connectivity index (χ3v) is 4.35. The van der Waals surface area contributed by atoms with Crippen LogP contribution < -0.4 is 0 Å². The van der Waals surface area contributed by atoms with Crippen LogP contribution >= 0.6 is 0 Å². The second-order valence-electron chi connectivity index (χ2n) is 5.76. The van der Waals surface area contributed by atoms with Crippen molar-refractivity contribution in [3.63, 3.8) is 0 Å². The number of nitrogens with zero attached hydrogens (tertiary/aromatic N) is 1. The molecule has 92 valence electrons. The van der Waals surface area contributed by atoms with Gasteiger partial charge in [-0.3, -0.25) is 4.79 Å². The second kappa shape index (κ2) is 4.36. The number of aliphatic hydroxyl groups is 1.